The molecular weight excluding hydrogens is 501 g/mol. The van der Waals surface area contributed by atoms with Crippen LogP contribution >= 0.6 is 34.4 Å². The maximum atomic E-state index is 12.4. The van der Waals surface area contributed by atoms with E-state index in [9.17, 15) is 9.59 Å². The molecule has 1 heterocycles. The molecule has 1 aliphatic heterocycles. The van der Waals surface area contributed by atoms with Crippen LogP contribution in [0.15, 0.2) is 41.3 Å². The van der Waals surface area contributed by atoms with Crippen LogP contribution in [0.25, 0.3) is 6.08 Å². The number of terminal acetylenes is 1. The summed E-state index contributed by atoms with van der Waals surface area (Å²) >= 11 is 3.05. The van der Waals surface area contributed by atoms with Crippen molar-refractivity contribution in [3.05, 3.63) is 61.6 Å². The predicted molar refractivity (Wildman–Crippen MR) is 123 cm³/mol. The van der Waals surface area contributed by atoms with Crippen LogP contribution in [-0.2, 0) is 11.4 Å². The van der Waals surface area contributed by atoms with Gasteiger partial charge in [-0.15, -0.1) is 6.42 Å². The molecule has 2 amide bonds. The molecule has 1 aliphatic rings. The standard InChI is InChI=1S/C22H18INO4S/c1-4-8-24-21(25)19(29-22(24)26)12-16-10-17(23)20(18(11-16)27-3)28-13-15-7-5-6-14(2)9-15/h1,5-7,9-12H,8,13H2,2-3H3/b19-12+. The van der Waals surface area contributed by atoms with Crippen molar-refractivity contribution in [3.63, 3.8) is 0 Å². The fourth-order valence-corrected chi connectivity index (χ4v) is 4.42. The maximum Gasteiger partial charge on any atom is 0.294 e. The number of ether oxygens (including phenoxy) is 2. The van der Waals surface area contributed by atoms with E-state index in [1.165, 1.54) is 5.56 Å². The summed E-state index contributed by atoms with van der Waals surface area (Å²) < 4.78 is 12.3. The minimum absolute atomic E-state index is 0.0331. The van der Waals surface area contributed by atoms with E-state index in [1.54, 1.807) is 19.3 Å². The molecule has 1 fully saturated rings. The minimum atomic E-state index is -0.383. The van der Waals surface area contributed by atoms with Gasteiger partial charge in [-0.05, 0) is 70.6 Å². The number of rotatable bonds is 6. The molecule has 148 valence electrons. The Kier molecular flexibility index (Phi) is 6.87. The molecule has 0 spiro atoms. The Balaban J connectivity index is 1.84. The number of halogens is 1. The molecule has 2 aromatic carbocycles. The van der Waals surface area contributed by atoms with Crippen molar-refractivity contribution in [1.29, 1.82) is 0 Å². The van der Waals surface area contributed by atoms with E-state index in [4.69, 9.17) is 15.9 Å². The average Bonchev–Trinajstić information content (AvgIpc) is 2.94. The normalized spacial score (nSPS) is 15.0. The van der Waals surface area contributed by atoms with Crippen molar-refractivity contribution in [2.75, 3.05) is 13.7 Å². The molecular formula is C22H18INO4S. The number of hydrogen-bond acceptors (Lipinski definition) is 5. The highest BCUT2D eigenvalue weighted by Gasteiger charge is 2.34. The summed E-state index contributed by atoms with van der Waals surface area (Å²) in [5.74, 6) is 3.13. The summed E-state index contributed by atoms with van der Waals surface area (Å²) in [4.78, 5) is 25.7. The van der Waals surface area contributed by atoms with Gasteiger partial charge >= 0.3 is 0 Å². The van der Waals surface area contributed by atoms with E-state index in [1.807, 2.05) is 31.2 Å². The van der Waals surface area contributed by atoms with Gasteiger partial charge in [-0.1, -0.05) is 35.7 Å². The van der Waals surface area contributed by atoms with Crippen LogP contribution in [0.5, 0.6) is 11.5 Å². The van der Waals surface area contributed by atoms with E-state index in [-0.39, 0.29) is 17.7 Å². The highest BCUT2D eigenvalue weighted by atomic mass is 127. The molecule has 5 nitrogen and oxygen atoms in total. The Labute approximate surface area is 187 Å². The lowest BCUT2D eigenvalue weighted by Gasteiger charge is -2.14. The van der Waals surface area contributed by atoms with Crippen molar-refractivity contribution in [2.24, 2.45) is 0 Å². The van der Waals surface area contributed by atoms with Crippen molar-refractivity contribution >= 4 is 51.6 Å². The number of aryl methyl sites for hydroxylation is 1. The molecule has 0 unspecified atom stereocenters. The quantitative estimate of drug-likeness (QED) is 0.310. The summed E-state index contributed by atoms with van der Waals surface area (Å²) in [6.45, 7) is 2.42. The van der Waals surface area contributed by atoms with Crippen LogP contribution in [0, 0.1) is 22.8 Å². The Hall–Kier alpha value is -2.44. The van der Waals surface area contributed by atoms with E-state index in [2.05, 4.69) is 34.6 Å². The highest BCUT2D eigenvalue weighted by molar-refractivity contribution is 14.1. The van der Waals surface area contributed by atoms with Gasteiger partial charge in [-0.3, -0.25) is 14.5 Å². The molecule has 0 saturated carbocycles. The van der Waals surface area contributed by atoms with Gasteiger partial charge in [0.05, 0.1) is 22.1 Å². The summed E-state index contributed by atoms with van der Waals surface area (Å²) in [6, 6.07) is 11.8. The molecule has 1 saturated heterocycles. The van der Waals surface area contributed by atoms with Crippen LogP contribution < -0.4 is 9.47 Å². The molecule has 0 radical (unpaired) electrons. The Bertz CT molecular complexity index is 1040. The van der Waals surface area contributed by atoms with Gasteiger partial charge < -0.3 is 9.47 Å². The Morgan fingerprint density at radius 3 is 2.76 bits per heavy atom. The third kappa shape index (κ3) is 4.95. The largest absolute Gasteiger partial charge is 0.493 e. The number of carbonyl (C=O) groups is 2. The van der Waals surface area contributed by atoms with Gasteiger partial charge in [-0.25, -0.2) is 0 Å². The summed E-state index contributed by atoms with van der Waals surface area (Å²) in [5, 5.41) is -0.362. The fourth-order valence-electron chi connectivity index (χ4n) is 2.80. The lowest BCUT2D eigenvalue weighted by atomic mass is 10.1. The fraction of sp³-hybridized carbons (Fsp3) is 0.182. The first-order valence-electron chi connectivity index (χ1n) is 8.67. The van der Waals surface area contributed by atoms with E-state index in [0.717, 1.165) is 31.4 Å². The molecule has 2 aromatic rings. The lowest BCUT2D eigenvalue weighted by Crippen LogP contribution is -2.28. The molecule has 3 rings (SSSR count). The van der Waals surface area contributed by atoms with Crippen molar-refractivity contribution < 1.29 is 19.1 Å². The first-order chi connectivity index (χ1) is 13.9. The molecule has 7 heteroatoms. The van der Waals surface area contributed by atoms with Crippen molar-refractivity contribution in [1.82, 2.24) is 4.90 Å². The first kappa shape index (κ1) is 21.3. The number of imide groups is 1. The zero-order valence-corrected chi connectivity index (χ0v) is 18.9. The first-order valence-corrected chi connectivity index (χ1v) is 10.6. The Morgan fingerprint density at radius 2 is 2.07 bits per heavy atom. The zero-order valence-electron chi connectivity index (χ0n) is 15.9. The molecule has 0 aromatic heterocycles. The van der Waals surface area contributed by atoms with Crippen molar-refractivity contribution in [3.8, 4) is 23.8 Å². The maximum absolute atomic E-state index is 12.4. The van der Waals surface area contributed by atoms with Crippen LogP contribution in [0.4, 0.5) is 4.79 Å². The van der Waals surface area contributed by atoms with Gasteiger partial charge in [0.25, 0.3) is 11.1 Å². The minimum Gasteiger partial charge on any atom is -0.493 e. The Morgan fingerprint density at radius 1 is 1.28 bits per heavy atom. The molecule has 0 atom stereocenters. The summed E-state index contributed by atoms with van der Waals surface area (Å²) in [5.41, 5.74) is 2.97. The third-order valence-corrected chi connectivity index (χ3v) is 5.85. The lowest BCUT2D eigenvalue weighted by molar-refractivity contribution is -0.122. The number of amides is 2. The zero-order chi connectivity index (χ0) is 21.0. The van der Waals surface area contributed by atoms with Crippen molar-refractivity contribution in [2.45, 2.75) is 13.5 Å². The monoisotopic (exact) mass is 519 g/mol. The SMILES string of the molecule is C#CCN1C(=O)S/C(=C/c2cc(I)c(OCc3cccc(C)c3)c(OC)c2)C1=O. The number of hydrogen-bond donors (Lipinski definition) is 0. The topological polar surface area (TPSA) is 55.8 Å². The smallest absolute Gasteiger partial charge is 0.294 e. The van der Waals surface area contributed by atoms with E-state index in [0.29, 0.717) is 23.0 Å². The van der Waals surface area contributed by atoms with Crippen LogP contribution in [-0.4, -0.2) is 29.7 Å². The second-order valence-electron chi connectivity index (χ2n) is 6.28. The number of benzene rings is 2. The van der Waals surface area contributed by atoms with Gasteiger partial charge in [0, 0.05) is 0 Å². The molecule has 0 aliphatic carbocycles. The summed E-state index contributed by atoms with van der Waals surface area (Å²) in [6.07, 6.45) is 6.89. The highest BCUT2D eigenvalue weighted by Crippen LogP contribution is 2.37. The van der Waals surface area contributed by atoms with Gasteiger partial charge in [-0.2, -0.15) is 0 Å². The van der Waals surface area contributed by atoms with Gasteiger partial charge in [0.15, 0.2) is 11.5 Å². The molecule has 29 heavy (non-hydrogen) atoms. The van der Waals surface area contributed by atoms with Gasteiger partial charge in [0.1, 0.15) is 6.61 Å². The third-order valence-electron chi connectivity index (χ3n) is 4.14. The van der Waals surface area contributed by atoms with Crippen LogP contribution in [0.3, 0.4) is 0 Å². The number of carbonyl (C=O) groups excluding carboxylic acids is 2. The van der Waals surface area contributed by atoms with Gasteiger partial charge in [0.2, 0.25) is 0 Å². The number of nitrogens with zero attached hydrogens (tertiary/aromatic N) is 1. The second kappa shape index (κ2) is 9.37. The average molecular weight is 519 g/mol. The van der Waals surface area contributed by atoms with E-state index >= 15 is 0 Å². The molecule has 0 N–H and O–H groups in total. The second-order valence-corrected chi connectivity index (χ2v) is 8.44. The number of thioether (sulfide) groups is 1. The van der Waals surface area contributed by atoms with Crippen LogP contribution in [0.1, 0.15) is 16.7 Å². The van der Waals surface area contributed by atoms with E-state index < -0.39 is 0 Å². The van der Waals surface area contributed by atoms with Crippen LogP contribution in [0.2, 0.25) is 0 Å². The molecule has 0 bridgehead atoms. The summed E-state index contributed by atoms with van der Waals surface area (Å²) in [7, 11) is 1.56. The number of methoxy groups -OCH3 is 1. The predicted octanol–water partition coefficient (Wildman–Crippen LogP) is 4.86.